The summed E-state index contributed by atoms with van der Waals surface area (Å²) in [6.45, 7) is 0. The number of hydrogen-bond acceptors (Lipinski definition) is 0. The second-order valence-electron chi connectivity index (χ2n) is 12.9. The molecule has 0 saturated carbocycles. The molecule has 0 spiro atoms. The van der Waals surface area contributed by atoms with Crippen molar-refractivity contribution < 1.29 is 0 Å². The first-order valence-electron chi connectivity index (χ1n) is 16.8. The Bertz CT molecular complexity index is 2460. The van der Waals surface area contributed by atoms with E-state index in [1.807, 2.05) is 0 Å². The molecular weight excluding hydrogens is 646 g/mol. The standard InChI is InChI=1S/C46H34BrN/c47-44-29-36(31-17-21-34(22-18-31)40-15-8-10-33-9-4-5-13-39(33)40)25-27-41(44)35-23-19-32(20-24-35)37-26-28-43-42-14-6-7-16-45(42)48(46(43)30-37)38-11-2-1-3-12-38/h1-17,19-21,23-28,30,44H,18,22,29H2. The first kappa shape index (κ1) is 29.0. The smallest absolute Gasteiger partial charge is 0.0547 e. The summed E-state index contributed by atoms with van der Waals surface area (Å²) in [5.41, 5.74) is 14.4. The van der Waals surface area contributed by atoms with Crippen molar-refractivity contribution in [2.75, 3.05) is 0 Å². The molecule has 0 fully saturated rings. The van der Waals surface area contributed by atoms with E-state index in [-0.39, 0.29) is 4.83 Å². The molecule has 0 aliphatic heterocycles. The van der Waals surface area contributed by atoms with Crippen molar-refractivity contribution in [1.82, 2.24) is 4.57 Å². The Morgan fingerprint density at radius 2 is 1.12 bits per heavy atom. The fraction of sp³-hybridized carbons (Fsp3) is 0.0870. The minimum atomic E-state index is 0.283. The number of aromatic nitrogens is 1. The number of hydrogen-bond donors (Lipinski definition) is 0. The largest absolute Gasteiger partial charge is 0.309 e. The topological polar surface area (TPSA) is 4.93 Å². The predicted octanol–water partition coefficient (Wildman–Crippen LogP) is 12.9. The van der Waals surface area contributed by atoms with Crippen molar-refractivity contribution in [1.29, 1.82) is 0 Å². The third-order valence-corrected chi connectivity index (χ3v) is 11.0. The molecule has 2 aliphatic carbocycles. The average molecular weight is 681 g/mol. The van der Waals surface area contributed by atoms with Gasteiger partial charge in [0.15, 0.2) is 0 Å². The van der Waals surface area contributed by atoms with Gasteiger partial charge < -0.3 is 4.57 Å². The predicted molar refractivity (Wildman–Crippen MR) is 209 cm³/mol. The summed E-state index contributed by atoms with van der Waals surface area (Å²) >= 11 is 4.06. The fourth-order valence-electron chi connectivity index (χ4n) is 7.68. The number of nitrogens with zero attached hydrogens (tertiary/aromatic N) is 1. The van der Waals surface area contributed by atoms with Crippen LogP contribution in [0.1, 0.15) is 30.4 Å². The van der Waals surface area contributed by atoms with Gasteiger partial charge in [-0.25, -0.2) is 0 Å². The minimum absolute atomic E-state index is 0.283. The molecule has 2 heteroatoms. The van der Waals surface area contributed by atoms with Crippen LogP contribution in [0.15, 0.2) is 175 Å². The van der Waals surface area contributed by atoms with Gasteiger partial charge in [-0.1, -0.05) is 155 Å². The third-order valence-electron chi connectivity index (χ3n) is 10.1. The van der Waals surface area contributed by atoms with Crippen molar-refractivity contribution in [2.24, 2.45) is 0 Å². The van der Waals surface area contributed by atoms with E-state index < -0.39 is 0 Å². The zero-order chi connectivity index (χ0) is 32.0. The molecule has 48 heavy (non-hydrogen) atoms. The van der Waals surface area contributed by atoms with E-state index in [2.05, 4.69) is 184 Å². The van der Waals surface area contributed by atoms with Gasteiger partial charge in [-0.15, -0.1) is 0 Å². The Balaban J connectivity index is 0.996. The van der Waals surface area contributed by atoms with Gasteiger partial charge in [0.25, 0.3) is 0 Å². The van der Waals surface area contributed by atoms with Crippen molar-refractivity contribution >= 4 is 59.7 Å². The van der Waals surface area contributed by atoms with E-state index in [4.69, 9.17) is 0 Å². The number of halogens is 1. The van der Waals surface area contributed by atoms with Crippen LogP contribution in [-0.4, -0.2) is 9.39 Å². The molecular formula is C46H34BrN. The molecule has 0 amide bonds. The third kappa shape index (κ3) is 5.09. The Morgan fingerprint density at radius 1 is 0.479 bits per heavy atom. The molecule has 1 aromatic heterocycles. The molecule has 2 aliphatic rings. The van der Waals surface area contributed by atoms with E-state index in [0.717, 1.165) is 19.3 Å². The Kier molecular flexibility index (Phi) is 7.32. The molecule has 0 N–H and O–H groups in total. The molecule has 0 bridgehead atoms. The summed E-state index contributed by atoms with van der Waals surface area (Å²) in [7, 11) is 0. The molecule has 1 nitrogen and oxygen atoms in total. The van der Waals surface area contributed by atoms with Crippen molar-refractivity contribution in [3.05, 3.63) is 186 Å². The second kappa shape index (κ2) is 12.1. The monoisotopic (exact) mass is 679 g/mol. The zero-order valence-corrected chi connectivity index (χ0v) is 28.2. The fourth-order valence-corrected chi connectivity index (χ4v) is 8.44. The van der Waals surface area contributed by atoms with E-state index in [1.165, 1.54) is 82.8 Å². The number of rotatable bonds is 5. The van der Waals surface area contributed by atoms with E-state index in [0.29, 0.717) is 0 Å². The summed E-state index contributed by atoms with van der Waals surface area (Å²) in [4.78, 5) is 0.283. The van der Waals surface area contributed by atoms with Crippen molar-refractivity contribution in [3.63, 3.8) is 0 Å². The maximum absolute atomic E-state index is 4.06. The van der Waals surface area contributed by atoms with Crippen molar-refractivity contribution in [3.8, 4) is 16.8 Å². The first-order valence-corrected chi connectivity index (χ1v) is 17.8. The minimum Gasteiger partial charge on any atom is -0.309 e. The van der Waals surface area contributed by atoms with Crippen LogP contribution in [0.2, 0.25) is 0 Å². The van der Waals surface area contributed by atoms with Crippen LogP contribution in [0.4, 0.5) is 0 Å². The van der Waals surface area contributed by atoms with E-state index in [1.54, 1.807) is 0 Å². The van der Waals surface area contributed by atoms with Gasteiger partial charge in [0.1, 0.15) is 0 Å². The first-order chi connectivity index (χ1) is 23.7. The lowest BCUT2D eigenvalue weighted by atomic mass is 9.84. The van der Waals surface area contributed by atoms with Crippen LogP contribution in [-0.2, 0) is 0 Å². The van der Waals surface area contributed by atoms with Crippen molar-refractivity contribution in [2.45, 2.75) is 24.1 Å². The quantitative estimate of drug-likeness (QED) is 0.160. The highest BCUT2D eigenvalue weighted by atomic mass is 79.9. The highest BCUT2D eigenvalue weighted by Gasteiger charge is 2.22. The van der Waals surface area contributed by atoms with E-state index in [9.17, 15) is 0 Å². The van der Waals surface area contributed by atoms with Gasteiger partial charge in [-0.3, -0.25) is 0 Å². The lowest BCUT2D eigenvalue weighted by Gasteiger charge is -2.24. The molecule has 0 saturated heterocycles. The average Bonchev–Trinajstić information content (AvgIpc) is 3.49. The van der Waals surface area contributed by atoms with Gasteiger partial charge >= 0.3 is 0 Å². The summed E-state index contributed by atoms with van der Waals surface area (Å²) in [5, 5.41) is 5.21. The van der Waals surface area contributed by atoms with Crippen LogP contribution in [0.25, 0.3) is 60.5 Å². The molecule has 1 heterocycles. The van der Waals surface area contributed by atoms with Crippen LogP contribution in [0.3, 0.4) is 0 Å². The summed E-state index contributed by atoms with van der Waals surface area (Å²) in [5.74, 6) is 0. The van der Waals surface area contributed by atoms with Crippen LogP contribution >= 0.6 is 15.9 Å². The number of fused-ring (bicyclic) bond motifs is 4. The van der Waals surface area contributed by atoms with E-state index >= 15 is 0 Å². The zero-order valence-electron chi connectivity index (χ0n) is 26.6. The van der Waals surface area contributed by atoms with Gasteiger partial charge in [-0.2, -0.15) is 0 Å². The van der Waals surface area contributed by atoms with Gasteiger partial charge in [-0.05, 0) is 98.8 Å². The molecule has 0 radical (unpaired) electrons. The lowest BCUT2D eigenvalue weighted by Crippen LogP contribution is -2.09. The highest BCUT2D eigenvalue weighted by molar-refractivity contribution is 9.09. The maximum Gasteiger partial charge on any atom is 0.0547 e. The number of para-hydroxylation sites is 2. The molecule has 1 unspecified atom stereocenters. The second-order valence-corrected chi connectivity index (χ2v) is 14.0. The molecule has 7 aromatic rings. The molecule has 1 atom stereocenters. The van der Waals surface area contributed by atoms with Crippen LogP contribution in [0, 0.1) is 0 Å². The molecule has 230 valence electrons. The molecule has 6 aromatic carbocycles. The van der Waals surface area contributed by atoms with Crippen LogP contribution in [0.5, 0.6) is 0 Å². The number of benzene rings is 6. The van der Waals surface area contributed by atoms with Gasteiger partial charge in [0, 0.05) is 21.3 Å². The Labute approximate surface area is 290 Å². The van der Waals surface area contributed by atoms with Crippen LogP contribution < -0.4 is 0 Å². The SMILES string of the molecule is BrC1CC(C2=CC=C(c3cccc4ccccc34)CC2)=CC=C1c1ccc(-c2ccc3c4ccccc4n(-c4ccccc4)c3c2)cc1. The van der Waals surface area contributed by atoms with Gasteiger partial charge in [0.2, 0.25) is 0 Å². The Morgan fingerprint density at radius 3 is 1.94 bits per heavy atom. The summed E-state index contributed by atoms with van der Waals surface area (Å²) in [6.07, 6.45) is 12.5. The molecule has 9 rings (SSSR count). The Hall–Kier alpha value is -5.18. The maximum atomic E-state index is 4.06. The number of alkyl halides is 1. The summed E-state index contributed by atoms with van der Waals surface area (Å²) in [6, 6.07) is 50.7. The van der Waals surface area contributed by atoms with Gasteiger partial charge in [0.05, 0.1) is 11.0 Å². The lowest BCUT2D eigenvalue weighted by molar-refractivity contribution is 0.926. The summed E-state index contributed by atoms with van der Waals surface area (Å²) < 4.78 is 2.39. The highest BCUT2D eigenvalue weighted by Crippen LogP contribution is 2.40. The normalized spacial score (nSPS) is 16.5. The number of allylic oxidation sites excluding steroid dienone is 8.